The highest BCUT2D eigenvalue weighted by molar-refractivity contribution is 5.83. The van der Waals surface area contributed by atoms with Crippen molar-refractivity contribution in [3.8, 4) is 6.07 Å². The smallest absolute Gasteiger partial charge is 0.224 e. The number of rotatable bonds is 3. The van der Waals surface area contributed by atoms with Crippen LogP contribution in [-0.2, 0) is 17.8 Å². The number of aromatic amines is 1. The fourth-order valence-corrected chi connectivity index (χ4v) is 2.13. The number of nitriles is 1. The second kappa shape index (κ2) is 5.42. The number of allylic oxidation sites excluding steroid dienone is 1. The lowest BCUT2D eigenvalue weighted by molar-refractivity contribution is -0.121. The Hall–Kier alpha value is -3.21. The van der Waals surface area contributed by atoms with Crippen LogP contribution in [0, 0.1) is 11.3 Å². The van der Waals surface area contributed by atoms with E-state index in [1.807, 2.05) is 24.3 Å². The Morgan fingerprint density at radius 2 is 2.38 bits per heavy atom. The summed E-state index contributed by atoms with van der Waals surface area (Å²) in [5.74, 6) is 0.201. The summed E-state index contributed by atoms with van der Waals surface area (Å²) in [4.78, 5) is 11.5. The number of anilines is 1. The number of amides is 1. The maximum atomic E-state index is 11.5. The van der Waals surface area contributed by atoms with Gasteiger partial charge >= 0.3 is 0 Å². The van der Waals surface area contributed by atoms with Crippen molar-refractivity contribution in [3.63, 3.8) is 0 Å². The first-order chi connectivity index (χ1) is 10.3. The highest BCUT2D eigenvalue weighted by Crippen LogP contribution is 2.24. The Morgan fingerprint density at radius 3 is 3.14 bits per heavy atom. The summed E-state index contributed by atoms with van der Waals surface area (Å²) in [6.07, 6.45) is 1.82. The summed E-state index contributed by atoms with van der Waals surface area (Å²) < 4.78 is 0. The molecule has 0 unspecified atom stereocenters. The van der Waals surface area contributed by atoms with Crippen molar-refractivity contribution < 1.29 is 4.79 Å². The minimum atomic E-state index is -0.0144. The molecule has 0 bridgehead atoms. The van der Waals surface area contributed by atoms with Crippen LogP contribution in [0.5, 0.6) is 0 Å². The van der Waals surface area contributed by atoms with Gasteiger partial charge in [-0.15, -0.1) is 10.2 Å². The van der Waals surface area contributed by atoms with Crippen LogP contribution in [0.2, 0.25) is 0 Å². The molecule has 1 aliphatic rings. The lowest BCUT2D eigenvalue weighted by Gasteiger charge is -2.19. The maximum Gasteiger partial charge on any atom is 0.224 e. The zero-order chi connectivity index (χ0) is 14.7. The largest absolute Gasteiger partial charge is 0.360 e. The number of fused-ring (bicyclic) bond motifs is 1. The molecule has 0 saturated carbocycles. The van der Waals surface area contributed by atoms with Crippen molar-refractivity contribution in [2.45, 2.75) is 13.0 Å². The number of nitrogens with one attached hydrogen (secondary N) is 3. The molecule has 0 atom stereocenters. The summed E-state index contributed by atoms with van der Waals surface area (Å²) in [6.45, 7) is 0.517. The summed E-state index contributed by atoms with van der Waals surface area (Å²) in [5.41, 5.74) is 3.04. The molecule has 1 amide bonds. The van der Waals surface area contributed by atoms with Gasteiger partial charge in [0.25, 0.3) is 0 Å². The van der Waals surface area contributed by atoms with E-state index in [0.717, 1.165) is 16.8 Å². The van der Waals surface area contributed by atoms with Crippen LogP contribution < -0.4 is 10.6 Å². The summed E-state index contributed by atoms with van der Waals surface area (Å²) in [5, 5.41) is 28.2. The first-order valence-electron chi connectivity index (χ1n) is 6.26. The van der Waals surface area contributed by atoms with E-state index in [0.29, 0.717) is 13.0 Å². The molecule has 2 heterocycles. The minimum absolute atomic E-state index is 0.0144. The second-order valence-corrected chi connectivity index (χ2v) is 4.45. The molecule has 0 saturated heterocycles. The monoisotopic (exact) mass is 281 g/mol. The number of hydrogen-bond acceptors (Lipinski definition) is 6. The maximum absolute atomic E-state index is 11.5. The lowest BCUT2D eigenvalue weighted by atomic mass is 9.98. The van der Waals surface area contributed by atoms with Crippen molar-refractivity contribution in [2.24, 2.45) is 0 Å². The summed E-state index contributed by atoms with van der Waals surface area (Å²) >= 11 is 0. The molecule has 104 valence electrons. The molecule has 0 radical (unpaired) electrons. The molecule has 1 aromatic carbocycles. The first-order valence-corrected chi connectivity index (χ1v) is 6.26. The highest BCUT2D eigenvalue weighted by Gasteiger charge is 2.17. The van der Waals surface area contributed by atoms with Gasteiger partial charge < -0.3 is 10.6 Å². The molecule has 0 fully saturated rings. The van der Waals surface area contributed by atoms with Crippen LogP contribution >= 0.6 is 0 Å². The van der Waals surface area contributed by atoms with Gasteiger partial charge in [-0.1, -0.05) is 12.1 Å². The van der Waals surface area contributed by atoms with Crippen LogP contribution in [0.3, 0.4) is 0 Å². The number of hydrogen-bond donors (Lipinski definition) is 3. The van der Waals surface area contributed by atoms with Gasteiger partial charge in [0.05, 0.1) is 6.42 Å². The zero-order valence-corrected chi connectivity index (χ0v) is 10.9. The Bertz CT molecular complexity index is 742. The number of aromatic nitrogens is 4. The number of tetrazole rings is 1. The van der Waals surface area contributed by atoms with E-state index in [9.17, 15) is 4.79 Å². The van der Waals surface area contributed by atoms with E-state index in [1.54, 1.807) is 0 Å². The average molecular weight is 281 g/mol. The van der Waals surface area contributed by atoms with Gasteiger partial charge in [-0.25, -0.2) is 0 Å². The number of nitrogens with zero attached hydrogens (tertiary/aromatic N) is 4. The Balaban J connectivity index is 1.89. The third-order valence-corrected chi connectivity index (χ3v) is 3.17. The second-order valence-electron chi connectivity index (χ2n) is 4.45. The Labute approximate surface area is 119 Å². The fraction of sp³-hybridized carbons (Fsp3) is 0.154. The van der Waals surface area contributed by atoms with Crippen molar-refractivity contribution in [1.82, 2.24) is 25.9 Å². The van der Waals surface area contributed by atoms with E-state index < -0.39 is 0 Å². The molecule has 8 nitrogen and oxygen atoms in total. The molecular weight excluding hydrogens is 270 g/mol. The SMILES string of the molecule is N#CC(=CNc1cccc2c1CC(=O)NC2)c1nn[nH]n1. The van der Waals surface area contributed by atoms with Gasteiger partial charge in [0, 0.05) is 18.4 Å². The van der Waals surface area contributed by atoms with Crippen molar-refractivity contribution in [3.05, 3.63) is 41.4 Å². The van der Waals surface area contributed by atoms with Gasteiger partial charge in [-0.3, -0.25) is 4.79 Å². The number of benzene rings is 1. The lowest BCUT2D eigenvalue weighted by Crippen LogP contribution is -2.30. The van der Waals surface area contributed by atoms with Crippen LogP contribution in [0.25, 0.3) is 5.57 Å². The molecule has 1 aromatic heterocycles. The minimum Gasteiger partial charge on any atom is -0.360 e. The van der Waals surface area contributed by atoms with E-state index in [4.69, 9.17) is 5.26 Å². The average Bonchev–Trinajstić information content (AvgIpc) is 3.02. The predicted octanol–water partition coefficient (Wildman–Crippen LogP) is 0.349. The van der Waals surface area contributed by atoms with Gasteiger partial charge in [0.15, 0.2) is 0 Å². The number of H-pyrrole nitrogens is 1. The molecule has 0 spiro atoms. The van der Waals surface area contributed by atoms with Crippen molar-refractivity contribution in [2.75, 3.05) is 5.32 Å². The number of carbonyl (C=O) groups is 1. The molecule has 21 heavy (non-hydrogen) atoms. The van der Waals surface area contributed by atoms with E-state index in [-0.39, 0.29) is 17.3 Å². The highest BCUT2D eigenvalue weighted by atomic mass is 16.1. The summed E-state index contributed by atoms with van der Waals surface area (Å²) in [6, 6.07) is 7.72. The van der Waals surface area contributed by atoms with Gasteiger partial charge in [0.2, 0.25) is 11.7 Å². The molecule has 3 N–H and O–H groups in total. The molecule has 2 aromatic rings. The molecule has 0 aliphatic carbocycles. The van der Waals surface area contributed by atoms with E-state index in [2.05, 4.69) is 31.3 Å². The third-order valence-electron chi connectivity index (χ3n) is 3.17. The number of carbonyl (C=O) groups excluding carboxylic acids is 1. The van der Waals surface area contributed by atoms with E-state index in [1.165, 1.54) is 6.20 Å². The van der Waals surface area contributed by atoms with Crippen LogP contribution in [0.4, 0.5) is 5.69 Å². The fourth-order valence-electron chi connectivity index (χ4n) is 2.13. The molecule has 8 heteroatoms. The Kier molecular flexibility index (Phi) is 3.31. The van der Waals surface area contributed by atoms with Crippen LogP contribution in [-0.4, -0.2) is 26.5 Å². The van der Waals surface area contributed by atoms with Gasteiger partial charge in [-0.05, 0) is 22.4 Å². The topological polar surface area (TPSA) is 119 Å². The van der Waals surface area contributed by atoms with E-state index >= 15 is 0 Å². The third kappa shape index (κ3) is 2.57. The van der Waals surface area contributed by atoms with Crippen LogP contribution in [0.1, 0.15) is 17.0 Å². The quantitative estimate of drug-likeness (QED) is 0.698. The van der Waals surface area contributed by atoms with Crippen molar-refractivity contribution >= 4 is 17.2 Å². The van der Waals surface area contributed by atoms with Crippen LogP contribution in [0.15, 0.2) is 24.4 Å². The molecule has 3 rings (SSSR count). The zero-order valence-electron chi connectivity index (χ0n) is 10.9. The predicted molar refractivity (Wildman–Crippen MR) is 73.4 cm³/mol. The summed E-state index contributed by atoms with van der Waals surface area (Å²) in [7, 11) is 0. The first kappa shape index (κ1) is 12.8. The van der Waals surface area contributed by atoms with Gasteiger partial charge in [0.1, 0.15) is 11.6 Å². The standard InChI is InChI=1S/C13H11N7O/c14-5-9(13-17-19-20-18-13)7-15-11-3-1-2-8-6-16-12(21)4-10(8)11/h1-3,7,15H,4,6H2,(H,16,21)(H,17,18,19,20). The molecule has 1 aliphatic heterocycles. The van der Waals surface area contributed by atoms with Gasteiger partial charge in [-0.2, -0.15) is 10.5 Å². The normalized spacial score (nSPS) is 14.0. The molecular formula is C13H11N7O. The van der Waals surface area contributed by atoms with Crippen molar-refractivity contribution in [1.29, 1.82) is 5.26 Å². The Morgan fingerprint density at radius 1 is 1.48 bits per heavy atom.